The molecule has 2 aliphatic rings. The topological polar surface area (TPSA) is 65.1 Å². The minimum Gasteiger partial charge on any atom is -0.492 e. The van der Waals surface area contributed by atoms with Crippen LogP contribution in [0.3, 0.4) is 0 Å². The molecular formula is C32H44Cl2N4O3. The summed E-state index contributed by atoms with van der Waals surface area (Å²) in [5.41, 5.74) is 3.17. The Hall–Kier alpha value is -2.48. The normalized spacial score (nSPS) is 17.5. The molecule has 41 heavy (non-hydrogen) atoms. The standard InChI is InChI=1S/C32H44Cl2N4O3/c1-5-27(36(3)4)21-41-30-20-26(34)10-11-28(30)23-12-16-37(17-13-23)31(39)29(35-32(40)38-14-6-7-15-38)19-24-8-9-25(33)18-22(24)2/h8-11,18,20,23,27,29H,5-7,12-17,19,21H2,1-4H3,(H,35,40)/t27-,29-/m1/s1. The molecule has 2 atom stereocenters. The van der Waals surface area contributed by atoms with Gasteiger partial charge in [0.15, 0.2) is 0 Å². The Kier molecular flexibility index (Phi) is 11.2. The second-order valence-corrected chi connectivity index (χ2v) is 12.5. The van der Waals surface area contributed by atoms with E-state index in [1.54, 1.807) is 0 Å². The lowest BCUT2D eigenvalue weighted by atomic mass is 9.88. The molecule has 4 rings (SSSR count). The molecule has 9 heteroatoms. The maximum Gasteiger partial charge on any atom is 0.318 e. The Bertz CT molecular complexity index is 1190. The Morgan fingerprint density at radius 2 is 1.66 bits per heavy atom. The fraction of sp³-hybridized carbons (Fsp3) is 0.562. The average Bonchev–Trinajstić information content (AvgIpc) is 3.49. The molecule has 0 radical (unpaired) electrons. The van der Waals surface area contributed by atoms with Gasteiger partial charge in [-0.25, -0.2) is 4.79 Å². The van der Waals surface area contributed by atoms with Crippen LogP contribution in [0.5, 0.6) is 5.75 Å². The highest BCUT2D eigenvalue weighted by molar-refractivity contribution is 6.31. The highest BCUT2D eigenvalue weighted by Crippen LogP contribution is 2.36. The summed E-state index contributed by atoms with van der Waals surface area (Å²) in [6.45, 7) is 7.45. The number of ether oxygens (including phenoxy) is 1. The number of benzene rings is 2. The quantitative estimate of drug-likeness (QED) is 0.354. The number of likely N-dealkylation sites (N-methyl/N-ethyl adjacent to an activating group) is 1. The highest BCUT2D eigenvalue weighted by Gasteiger charge is 2.32. The molecule has 2 heterocycles. The second-order valence-electron chi connectivity index (χ2n) is 11.6. The van der Waals surface area contributed by atoms with E-state index in [4.69, 9.17) is 27.9 Å². The fourth-order valence-corrected chi connectivity index (χ4v) is 6.28. The number of likely N-dealkylation sites (tertiary alicyclic amines) is 2. The van der Waals surface area contributed by atoms with E-state index in [0.717, 1.165) is 67.6 Å². The lowest BCUT2D eigenvalue weighted by Gasteiger charge is -2.35. The summed E-state index contributed by atoms with van der Waals surface area (Å²) >= 11 is 12.5. The minimum atomic E-state index is -0.633. The summed E-state index contributed by atoms with van der Waals surface area (Å²) in [5.74, 6) is 1.06. The summed E-state index contributed by atoms with van der Waals surface area (Å²) in [7, 11) is 4.14. The zero-order chi connectivity index (χ0) is 29.5. The van der Waals surface area contributed by atoms with Gasteiger partial charge < -0.3 is 24.8 Å². The monoisotopic (exact) mass is 602 g/mol. The van der Waals surface area contributed by atoms with Crippen molar-refractivity contribution in [2.45, 2.75) is 70.4 Å². The van der Waals surface area contributed by atoms with E-state index in [9.17, 15) is 9.59 Å². The number of carbonyl (C=O) groups is 2. The first-order valence-corrected chi connectivity index (χ1v) is 15.6. The van der Waals surface area contributed by atoms with Crippen LogP contribution in [0.4, 0.5) is 4.79 Å². The smallest absolute Gasteiger partial charge is 0.318 e. The van der Waals surface area contributed by atoms with Crippen LogP contribution in [0.2, 0.25) is 10.0 Å². The zero-order valence-electron chi connectivity index (χ0n) is 24.8. The second kappa shape index (κ2) is 14.6. The lowest BCUT2D eigenvalue weighted by molar-refractivity contribution is -0.134. The fourth-order valence-electron chi connectivity index (χ4n) is 5.89. The van der Waals surface area contributed by atoms with Crippen molar-refractivity contribution < 1.29 is 14.3 Å². The van der Waals surface area contributed by atoms with Crippen LogP contribution >= 0.6 is 23.2 Å². The van der Waals surface area contributed by atoms with Crippen molar-refractivity contribution in [1.82, 2.24) is 20.0 Å². The van der Waals surface area contributed by atoms with E-state index in [0.29, 0.717) is 42.2 Å². The molecule has 1 N–H and O–H groups in total. The van der Waals surface area contributed by atoms with Gasteiger partial charge in [0.2, 0.25) is 5.91 Å². The number of nitrogens with one attached hydrogen (secondary N) is 1. The number of rotatable bonds is 10. The number of hydrogen-bond donors (Lipinski definition) is 1. The SMILES string of the molecule is CC[C@H](COc1cc(Cl)ccc1C1CCN(C(=O)[C@@H](Cc2ccc(Cl)cc2C)NC(=O)N2CCCC2)CC1)N(C)C. The molecule has 0 unspecified atom stereocenters. The van der Waals surface area contributed by atoms with Gasteiger partial charge in [-0.15, -0.1) is 0 Å². The Morgan fingerprint density at radius 3 is 2.29 bits per heavy atom. The predicted molar refractivity (Wildman–Crippen MR) is 166 cm³/mol. The van der Waals surface area contributed by atoms with Crippen LogP contribution in [0.25, 0.3) is 0 Å². The molecule has 0 spiro atoms. The molecule has 2 aromatic carbocycles. The first-order valence-electron chi connectivity index (χ1n) is 14.8. The van der Waals surface area contributed by atoms with Crippen LogP contribution in [0.15, 0.2) is 36.4 Å². The Morgan fingerprint density at radius 1 is 1.00 bits per heavy atom. The molecule has 2 aliphatic heterocycles. The van der Waals surface area contributed by atoms with Crippen molar-refractivity contribution in [3.8, 4) is 5.75 Å². The van der Waals surface area contributed by atoms with Crippen molar-refractivity contribution >= 4 is 35.1 Å². The summed E-state index contributed by atoms with van der Waals surface area (Å²) in [6.07, 6.45) is 5.07. The van der Waals surface area contributed by atoms with Gasteiger partial charge >= 0.3 is 6.03 Å². The van der Waals surface area contributed by atoms with Crippen molar-refractivity contribution in [2.75, 3.05) is 46.9 Å². The molecular weight excluding hydrogens is 559 g/mol. The molecule has 0 saturated carbocycles. The molecule has 2 fully saturated rings. The van der Waals surface area contributed by atoms with Crippen LogP contribution in [-0.2, 0) is 11.2 Å². The molecule has 0 bridgehead atoms. The van der Waals surface area contributed by atoms with E-state index in [1.807, 2.05) is 47.1 Å². The van der Waals surface area contributed by atoms with Crippen LogP contribution in [-0.4, -0.2) is 85.6 Å². The number of hydrogen-bond acceptors (Lipinski definition) is 4. The molecule has 0 aliphatic carbocycles. The minimum absolute atomic E-state index is 0.0327. The summed E-state index contributed by atoms with van der Waals surface area (Å²) in [6, 6.07) is 11.1. The van der Waals surface area contributed by atoms with E-state index in [-0.39, 0.29) is 17.9 Å². The first kappa shape index (κ1) is 31.5. The number of aryl methyl sites for hydroxylation is 1. The molecule has 3 amide bonds. The Balaban J connectivity index is 1.45. The maximum atomic E-state index is 13.9. The molecule has 2 aromatic rings. The van der Waals surface area contributed by atoms with E-state index in [2.05, 4.69) is 37.3 Å². The summed E-state index contributed by atoms with van der Waals surface area (Å²) in [4.78, 5) is 32.8. The number of urea groups is 1. The van der Waals surface area contributed by atoms with Gasteiger partial charge in [-0.1, -0.05) is 42.3 Å². The van der Waals surface area contributed by atoms with Crippen LogP contribution < -0.4 is 10.1 Å². The van der Waals surface area contributed by atoms with E-state index < -0.39 is 6.04 Å². The van der Waals surface area contributed by atoms with Gasteiger partial charge in [-0.3, -0.25) is 4.79 Å². The third kappa shape index (κ3) is 8.30. The van der Waals surface area contributed by atoms with Gasteiger partial charge in [-0.05, 0) is 100.0 Å². The third-order valence-corrected chi connectivity index (χ3v) is 9.04. The van der Waals surface area contributed by atoms with E-state index >= 15 is 0 Å². The van der Waals surface area contributed by atoms with E-state index in [1.165, 1.54) is 0 Å². The molecule has 224 valence electrons. The lowest BCUT2D eigenvalue weighted by Crippen LogP contribution is -2.54. The molecule has 2 saturated heterocycles. The summed E-state index contributed by atoms with van der Waals surface area (Å²) in [5, 5.41) is 4.39. The maximum absolute atomic E-state index is 13.9. The van der Waals surface area contributed by atoms with Crippen molar-refractivity contribution in [2.24, 2.45) is 0 Å². The summed E-state index contributed by atoms with van der Waals surface area (Å²) < 4.78 is 6.31. The van der Waals surface area contributed by atoms with Crippen molar-refractivity contribution in [1.29, 1.82) is 0 Å². The first-order chi connectivity index (χ1) is 19.7. The van der Waals surface area contributed by atoms with Gasteiger partial charge in [0.25, 0.3) is 0 Å². The zero-order valence-corrected chi connectivity index (χ0v) is 26.3. The predicted octanol–water partition coefficient (Wildman–Crippen LogP) is 6.14. The molecule has 0 aromatic heterocycles. The largest absolute Gasteiger partial charge is 0.492 e. The van der Waals surface area contributed by atoms with Gasteiger partial charge in [-0.2, -0.15) is 0 Å². The Labute approximate surface area is 255 Å². The average molecular weight is 604 g/mol. The van der Waals surface area contributed by atoms with Gasteiger partial charge in [0.05, 0.1) is 0 Å². The number of halogens is 2. The van der Waals surface area contributed by atoms with Crippen molar-refractivity contribution in [3.63, 3.8) is 0 Å². The van der Waals surface area contributed by atoms with Gasteiger partial charge in [0.1, 0.15) is 18.4 Å². The molecule has 7 nitrogen and oxygen atoms in total. The van der Waals surface area contributed by atoms with Gasteiger partial charge in [0, 0.05) is 48.7 Å². The van der Waals surface area contributed by atoms with Crippen LogP contribution in [0, 0.1) is 6.92 Å². The van der Waals surface area contributed by atoms with Crippen molar-refractivity contribution in [3.05, 3.63) is 63.1 Å². The third-order valence-electron chi connectivity index (χ3n) is 8.57. The number of nitrogens with zero attached hydrogens (tertiary/aromatic N) is 3. The number of piperidine rings is 1. The number of amides is 3. The highest BCUT2D eigenvalue weighted by atomic mass is 35.5. The van der Waals surface area contributed by atoms with Crippen LogP contribution in [0.1, 0.15) is 61.6 Å². The number of carbonyl (C=O) groups excluding carboxylic acids is 2.